The van der Waals surface area contributed by atoms with Crippen LogP contribution in [0.25, 0.3) is 17.5 Å². The minimum Gasteiger partial charge on any atom is -0.493 e. The van der Waals surface area contributed by atoms with Gasteiger partial charge in [0, 0.05) is 11.8 Å². The van der Waals surface area contributed by atoms with E-state index in [-0.39, 0.29) is 10.9 Å². The number of nitrogens with one attached hydrogen (secondary N) is 2. The zero-order valence-corrected chi connectivity index (χ0v) is 17.9. The molecule has 2 aromatic carbocycles. The molecule has 1 saturated heterocycles. The molecule has 4 rings (SSSR count). The Balaban J connectivity index is 1.28. The molecule has 1 aliphatic heterocycles. The van der Waals surface area contributed by atoms with Gasteiger partial charge < -0.3 is 4.74 Å². The van der Waals surface area contributed by atoms with Crippen molar-refractivity contribution >= 4 is 46.4 Å². The third kappa shape index (κ3) is 5.15. The van der Waals surface area contributed by atoms with Gasteiger partial charge in [0.15, 0.2) is 5.82 Å². The van der Waals surface area contributed by atoms with E-state index < -0.39 is 10.8 Å². The lowest BCUT2D eigenvalue weighted by atomic mass is 10.2. The summed E-state index contributed by atoms with van der Waals surface area (Å²) in [6.07, 6.45) is 1.64. The number of ether oxygens (including phenoxy) is 1. The van der Waals surface area contributed by atoms with Crippen LogP contribution in [0.5, 0.6) is 5.75 Å². The molecule has 10 nitrogen and oxygen atoms in total. The highest BCUT2D eigenvalue weighted by molar-refractivity contribution is 8.18. The number of para-hydroxylation sites is 1. The van der Waals surface area contributed by atoms with Gasteiger partial charge in [0.1, 0.15) is 5.75 Å². The number of rotatable bonds is 8. The maximum absolute atomic E-state index is 11.6. The molecule has 2 N–H and O–H groups in total. The number of thioether (sulfide) groups is 2. The molecule has 0 spiro atoms. The van der Waals surface area contributed by atoms with Crippen molar-refractivity contribution in [2.24, 2.45) is 0 Å². The summed E-state index contributed by atoms with van der Waals surface area (Å²) in [5, 5.41) is 20.3. The van der Waals surface area contributed by atoms with Gasteiger partial charge >= 0.3 is 0 Å². The zero-order valence-electron chi connectivity index (χ0n) is 16.3. The predicted octanol–water partition coefficient (Wildman–Crippen LogP) is 3.87. The molecule has 162 valence electrons. The molecule has 0 bridgehead atoms. The number of nitrogens with zero attached hydrogens (tertiary/aromatic N) is 3. The quantitative estimate of drug-likeness (QED) is 0.165. The summed E-state index contributed by atoms with van der Waals surface area (Å²) < 4.78 is 5.70. The largest absolute Gasteiger partial charge is 0.493 e. The maximum Gasteiger partial charge on any atom is 0.290 e. The Kier molecular flexibility index (Phi) is 6.52. The van der Waals surface area contributed by atoms with Gasteiger partial charge in [-0.1, -0.05) is 36.0 Å². The van der Waals surface area contributed by atoms with Gasteiger partial charge in [0.2, 0.25) is 5.16 Å². The van der Waals surface area contributed by atoms with Crippen LogP contribution < -0.4 is 10.1 Å². The molecular weight excluding hydrogens is 454 g/mol. The van der Waals surface area contributed by atoms with Crippen molar-refractivity contribution in [3.05, 3.63) is 69.1 Å². The first-order valence-electron chi connectivity index (χ1n) is 9.26. The topological polar surface area (TPSA) is 140 Å². The number of carbonyl (C=O) groups is 2. The molecule has 1 aliphatic rings. The van der Waals surface area contributed by atoms with Crippen molar-refractivity contribution < 1.29 is 19.2 Å². The van der Waals surface area contributed by atoms with Crippen molar-refractivity contribution in [3.8, 4) is 17.1 Å². The highest BCUT2D eigenvalue weighted by Gasteiger charge is 2.24. The summed E-state index contributed by atoms with van der Waals surface area (Å²) in [5.41, 5.74) is 1.12. The van der Waals surface area contributed by atoms with Crippen LogP contribution >= 0.6 is 23.5 Å². The molecule has 0 radical (unpaired) electrons. The maximum atomic E-state index is 11.6. The van der Waals surface area contributed by atoms with Crippen molar-refractivity contribution in [2.45, 2.75) is 5.16 Å². The van der Waals surface area contributed by atoms with Crippen LogP contribution in [0.15, 0.2) is 58.6 Å². The minimum absolute atomic E-state index is 0.0404. The summed E-state index contributed by atoms with van der Waals surface area (Å²) >= 11 is 2.23. The highest BCUT2D eigenvalue weighted by atomic mass is 32.2. The fraction of sp³-hybridized carbons (Fsp3) is 0.100. The van der Waals surface area contributed by atoms with E-state index in [4.69, 9.17) is 4.74 Å². The zero-order chi connectivity index (χ0) is 22.5. The van der Waals surface area contributed by atoms with Crippen LogP contribution in [-0.4, -0.2) is 43.6 Å². The SMILES string of the molecule is O=C1NC(=O)/C(=C/c2ccc(OCCSc3n[nH]c(-c4ccccc4[N+](=O)[O-])n3)cc2)S1. The van der Waals surface area contributed by atoms with Crippen LogP contribution in [0, 0.1) is 10.1 Å². The third-order valence-corrected chi connectivity index (χ3v) is 5.85. The van der Waals surface area contributed by atoms with Gasteiger partial charge in [0.05, 0.1) is 22.0 Å². The monoisotopic (exact) mass is 469 g/mol. The number of nitro benzene ring substituents is 1. The number of H-pyrrole nitrogens is 1. The molecule has 0 unspecified atom stereocenters. The summed E-state index contributed by atoms with van der Waals surface area (Å²) in [4.78, 5) is 38.2. The number of hydrogen-bond acceptors (Lipinski definition) is 9. The second-order valence-electron chi connectivity index (χ2n) is 6.36. The number of aromatic nitrogens is 3. The van der Waals surface area contributed by atoms with E-state index in [1.54, 1.807) is 48.5 Å². The first kappa shape index (κ1) is 21.6. The number of carbonyl (C=O) groups excluding carboxylic acids is 2. The van der Waals surface area contributed by atoms with Crippen molar-refractivity contribution in [3.63, 3.8) is 0 Å². The first-order valence-corrected chi connectivity index (χ1v) is 11.1. The van der Waals surface area contributed by atoms with Gasteiger partial charge in [-0.25, -0.2) is 4.98 Å². The van der Waals surface area contributed by atoms with E-state index in [9.17, 15) is 19.7 Å². The molecule has 0 atom stereocenters. The van der Waals surface area contributed by atoms with E-state index in [2.05, 4.69) is 20.5 Å². The normalized spacial score (nSPS) is 14.6. The predicted molar refractivity (Wildman–Crippen MR) is 120 cm³/mol. The Hall–Kier alpha value is -3.64. The molecule has 3 aromatic rings. The lowest BCUT2D eigenvalue weighted by Crippen LogP contribution is -2.17. The number of imide groups is 1. The Bertz CT molecular complexity index is 1210. The van der Waals surface area contributed by atoms with E-state index in [0.29, 0.717) is 39.6 Å². The average molecular weight is 470 g/mol. The summed E-state index contributed by atoms with van der Waals surface area (Å²) in [6.45, 7) is 0.396. The molecule has 2 heterocycles. The second kappa shape index (κ2) is 9.66. The van der Waals surface area contributed by atoms with Gasteiger partial charge in [-0.2, -0.15) is 0 Å². The highest BCUT2D eigenvalue weighted by Crippen LogP contribution is 2.28. The van der Waals surface area contributed by atoms with Crippen LogP contribution in [0.3, 0.4) is 0 Å². The average Bonchev–Trinajstić information content (AvgIpc) is 3.38. The van der Waals surface area contributed by atoms with Crippen LogP contribution in [-0.2, 0) is 4.79 Å². The third-order valence-electron chi connectivity index (χ3n) is 4.22. The van der Waals surface area contributed by atoms with Crippen LogP contribution in [0.2, 0.25) is 0 Å². The summed E-state index contributed by atoms with van der Waals surface area (Å²) in [7, 11) is 0. The fourth-order valence-corrected chi connectivity index (χ4v) is 4.09. The number of nitro groups is 1. The Labute approximate surface area is 190 Å². The van der Waals surface area contributed by atoms with E-state index >= 15 is 0 Å². The summed E-state index contributed by atoms with van der Waals surface area (Å²) in [5.74, 6) is 1.16. The number of aromatic amines is 1. The standard InChI is InChI=1S/C20H15N5O5S2/c26-18-16(32-20(27)22-18)11-12-5-7-13(8-6-12)30-9-10-31-19-21-17(23-24-19)14-3-1-2-4-15(14)25(28)29/h1-8,11H,9-10H2,(H,21,23,24)(H,22,26,27)/b16-11-. The van der Waals surface area contributed by atoms with Gasteiger partial charge in [-0.15, -0.1) is 5.10 Å². The molecule has 1 fully saturated rings. The van der Waals surface area contributed by atoms with Crippen molar-refractivity contribution in [2.75, 3.05) is 12.4 Å². The molecule has 1 aromatic heterocycles. The fourth-order valence-electron chi connectivity index (χ4n) is 2.79. The van der Waals surface area contributed by atoms with Gasteiger partial charge in [-0.3, -0.25) is 30.1 Å². The molecule has 32 heavy (non-hydrogen) atoms. The van der Waals surface area contributed by atoms with Crippen LogP contribution in [0.4, 0.5) is 10.5 Å². The van der Waals surface area contributed by atoms with Crippen LogP contribution in [0.1, 0.15) is 5.56 Å². The van der Waals surface area contributed by atoms with Gasteiger partial charge in [-0.05, 0) is 41.6 Å². The molecule has 0 aliphatic carbocycles. The Morgan fingerprint density at radius 2 is 1.94 bits per heavy atom. The lowest BCUT2D eigenvalue weighted by molar-refractivity contribution is -0.384. The minimum atomic E-state index is -0.457. The van der Waals surface area contributed by atoms with E-state index in [1.165, 1.54) is 17.8 Å². The Morgan fingerprint density at radius 1 is 1.16 bits per heavy atom. The molecular formula is C20H15N5O5S2. The van der Waals surface area contributed by atoms with E-state index in [0.717, 1.165) is 17.3 Å². The molecule has 2 amide bonds. The van der Waals surface area contributed by atoms with Crippen molar-refractivity contribution in [1.82, 2.24) is 20.5 Å². The number of benzene rings is 2. The first-order chi connectivity index (χ1) is 15.5. The van der Waals surface area contributed by atoms with E-state index in [1.807, 2.05) is 0 Å². The van der Waals surface area contributed by atoms with Crippen molar-refractivity contribution in [1.29, 1.82) is 0 Å². The lowest BCUT2D eigenvalue weighted by Gasteiger charge is -2.05. The molecule has 0 saturated carbocycles. The summed E-state index contributed by atoms with van der Waals surface area (Å²) in [6, 6.07) is 13.5. The molecule has 12 heteroatoms. The number of amides is 2. The second-order valence-corrected chi connectivity index (χ2v) is 8.44. The Morgan fingerprint density at radius 3 is 2.66 bits per heavy atom. The van der Waals surface area contributed by atoms with Gasteiger partial charge in [0.25, 0.3) is 16.8 Å². The number of hydrogen-bond donors (Lipinski definition) is 2. The smallest absolute Gasteiger partial charge is 0.290 e.